The summed E-state index contributed by atoms with van der Waals surface area (Å²) in [7, 11) is 0. The van der Waals surface area contributed by atoms with E-state index < -0.39 is 0 Å². The molecule has 0 fully saturated rings. The SMILES string of the molecule is Nc1ccc(Cn2ccc3sccc3c2=O)c(Cl)c1. The first kappa shape index (κ1) is 12.3. The minimum atomic E-state index is 0.00615. The second kappa shape index (κ2) is 4.72. The van der Waals surface area contributed by atoms with Crippen molar-refractivity contribution in [3.8, 4) is 0 Å². The smallest absolute Gasteiger partial charge is 0.259 e. The van der Waals surface area contributed by atoms with Gasteiger partial charge in [-0.15, -0.1) is 11.3 Å². The topological polar surface area (TPSA) is 48.0 Å². The third-order valence-corrected chi connectivity index (χ3v) is 4.24. The van der Waals surface area contributed by atoms with Crippen LogP contribution in [0.2, 0.25) is 5.02 Å². The highest BCUT2D eigenvalue weighted by molar-refractivity contribution is 7.17. The summed E-state index contributed by atoms with van der Waals surface area (Å²) in [6.07, 6.45) is 1.80. The lowest BCUT2D eigenvalue weighted by molar-refractivity contribution is 0.769. The van der Waals surface area contributed by atoms with Crippen LogP contribution in [-0.4, -0.2) is 4.57 Å². The molecule has 2 aromatic heterocycles. The zero-order chi connectivity index (χ0) is 13.4. The van der Waals surface area contributed by atoms with Crippen LogP contribution >= 0.6 is 22.9 Å². The highest BCUT2D eigenvalue weighted by Crippen LogP contribution is 2.21. The number of halogens is 1. The second-order valence-corrected chi connectivity index (χ2v) is 5.65. The van der Waals surface area contributed by atoms with E-state index in [-0.39, 0.29) is 5.56 Å². The van der Waals surface area contributed by atoms with Gasteiger partial charge < -0.3 is 10.3 Å². The Morgan fingerprint density at radius 2 is 2.11 bits per heavy atom. The van der Waals surface area contributed by atoms with Crippen molar-refractivity contribution in [3.05, 3.63) is 62.8 Å². The summed E-state index contributed by atoms with van der Waals surface area (Å²) in [6.45, 7) is 0.448. The Morgan fingerprint density at radius 1 is 1.26 bits per heavy atom. The van der Waals surface area contributed by atoms with Crippen LogP contribution in [0.5, 0.6) is 0 Å². The van der Waals surface area contributed by atoms with Crippen LogP contribution < -0.4 is 11.3 Å². The summed E-state index contributed by atoms with van der Waals surface area (Å²) in [5.41, 5.74) is 7.17. The average molecular weight is 291 g/mol. The number of pyridine rings is 1. The Hall–Kier alpha value is -1.78. The van der Waals surface area contributed by atoms with Crippen molar-refractivity contribution < 1.29 is 0 Å². The number of benzene rings is 1. The third-order valence-electron chi connectivity index (χ3n) is 3.01. The van der Waals surface area contributed by atoms with Gasteiger partial charge in [0.1, 0.15) is 0 Å². The van der Waals surface area contributed by atoms with Crippen LogP contribution in [0.3, 0.4) is 0 Å². The van der Waals surface area contributed by atoms with Gasteiger partial charge in [-0.2, -0.15) is 0 Å². The van der Waals surface area contributed by atoms with Crippen LogP contribution in [0.15, 0.2) is 46.7 Å². The van der Waals surface area contributed by atoms with Crippen LogP contribution in [0, 0.1) is 0 Å². The lowest BCUT2D eigenvalue weighted by atomic mass is 10.2. The van der Waals surface area contributed by atoms with Crippen molar-refractivity contribution in [3.63, 3.8) is 0 Å². The summed E-state index contributed by atoms with van der Waals surface area (Å²) in [4.78, 5) is 12.3. The molecule has 3 rings (SSSR count). The molecular formula is C14H11ClN2OS. The molecule has 5 heteroatoms. The quantitative estimate of drug-likeness (QED) is 0.736. The summed E-state index contributed by atoms with van der Waals surface area (Å²) in [5.74, 6) is 0. The van der Waals surface area contributed by atoms with Gasteiger partial charge >= 0.3 is 0 Å². The Kier molecular flexibility index (Phi) is 3.05. The molecule has 0 saturated carbocycles. The van der Waals surface area contributed by atoms with E-state index in [1.54, 1.807) is 34.2 Å². The predicted molar refractivity (Wildman–Crippen MR) is 81.1 cm³/mol. The number of thiophene rings is 1. The van der Waals surface area contributed by atoms with Gasteiger partial charge in [-0.1, -0.05) is 17.7 Å². The highest BCUT2D eigenvalue weighted by atomic mass is 35.5. The Balaban J connectivity index is 2.05. The standard InChI is InChI=1S/C14H11ClN2OS/c15-12-7-10(16)2-1-9(12)8-17-5-3-13-11(14(17)18)4-6-19-13/h1-7H,8,16H2. The van der Waals surface area contributed by atoms with Crippen molar-refractivity contribution in [2.45, 2.75) is 6.54 Å². The van der Waals surface area contributed by atoms with Crippen LogP contribution in [-0.2, 0) is 6.54 Å². The molecule has 0 aliphatic rings. The van der Waals surface area contributed by atoms with E-state index in [0.29, 0.717) is 17.3 Å². The zero-order valence-electron chi connectivity index (χ0n) is 9.97. The van der Waals surface area contributed by atoms with Crippen molar-refractivity contribution in [1.29, 1.82) is 0 Å². The lowest BCUT2D eigenvalue weighted by Gasteiger charge is -2.08. The van der Waals surface area contributed by atoms with E-state index in [9.17, 15) is 4.79 Å². The maximum Gasteiger partial charge on any atom is 0.259 e. The average Bonchev–Trinajstić information content (AvgIpc) is 2.85. The number of hydrogen-bond acceptors (Lipinski definition) is 3. The van der Waals surface area contributed by atoms with E-state index in [1.165, 1.54) is 0 Å². The van der Waals surface area contributed by atoms with Crippen molar-refractivity contribution in [2.75, 3.05) is 5.73 Å². The number of nitrogen functional groups attached to an aromatic ring is 1. The minimum absolute atomic E-state index is 0.00615. The maximum atomic E-state index is 12.3. The van der Waals surface area contributed by atoms with E-state index >= 15 is 0 Å². The van der Waals surface area contributed by atoms with Crippen LogP contribution in [0.4, 0.5) is 5.69 Å². The normalized spacial score (nSPS) is 11.0. The molecule has 0 radical (unpaired) electrons. The summed E-state index contributed by atoms with van der Waals surface area (Å²) in [5, 5.41) is 3.25. The summed E-state index contributed by atoms with van der Waals surface area (Å²) in [6, 6.07) is 9.14. The van der Waals surface area contributed by atoms with Gasteiger partial charge in [0.2, 0.25) is 0 Å². The number of aromatic nitrogens is 1. The first-order chi connectivity index (χ1) is 9.15. The number of rotatable bonds is 2. The molecule has 0 aliphatic heterocycles. The molecule has 0 amide bonds. The maximum absolute atomic E-state index is 12.3. The fourth-order valence-corrected chi connectivity index (χ4v) is 3.03. The van der Waals surface area contributed by atoms with Gasteiger partial charge in [-0.25, -0.2) is 0 Å². The van der Waals surface area contributed by atoms with Crippen molar-refractivity contribution in [2.24, 2.45) is 0 Å². The van der Waals surface area contributed by atoms with Gasteiger partial charge in [0.25, 0.3) is 5.56 Å². The Morgan fingerprint density at radius 3 is 2.89 bits per heavy atom. The fourth-order valence-electron chi connectivity index (χ4n) is 2.01. The molecule has 2 N–H and O–H groups in total. The summed E-state index contributed by atoms with van der Waals surface area (Å²) >= 11 is 7.70. The molecule has 1 aromatic carbocycles. The van der Waals surface area contributed by atoms with Crippen molar-refractivity contribution in [1.82, 2.24) is 4.57 Å². The molecule has 0 spiro atoms. The molecule has 0 unspecified atom stereocenters. The summed E-state index contributed by atoms with van der Waals surface area (Å²) < 4.78 is 2.66. The van der Waals surface area contributed by atoms with E-state index in [1.807, 2.05) is 23.6 Å². The molecule has 3 nitrogen and oxygen atoms in total. The van der Waals surface area contributed by atoms with Gasteiger partial charge in [-0.3, -0.25) is 4.79 Å². The van der Waals surface area contributed by atoms with Gasteiger partial charge in [0.15, 0.2) is 0 Å². The monoisotopic (exact) mass is 290 g/mol. The van der Waals surface area contributed by atoms with E-state index in [2.05, 4.69) is 0 Å². The Labute approximate surface area is 118 Å². The van der Waals surface area contributed by atoms with E-state index in [4.69, 9.17) is 17.3 Å². The first-order valence-corrected chi connectivity index (χ1v) is 7.01. The molecule has 19 heavy (non-hydrogen) atoms. The lowest BCUT2D eigenvalue weighted by Crippen LogP contribution is -2.19. The van der Waals surface area contributed by atoms with E-state index in [0.717, 1.165) is 15.6 Å². The minimum Gasteiger partial charge on any atom is -0.399 e. The fraction of sp³-hybridized carbons (Fsp3) is 0.0714. The number of nitrogens with two attached hydrogens (primary N) is 1. The molecule has 96 valence electrons. The highest BCUT2D eigenvalue weighted by Gasteiger charge is 2.06. The molecule has 0 aliphatic carbocycles. The van der Waals surface area contributed by atoms with Gasteiger partial charge in [0.05, 0.1) is 11.9 Å². The molecular weight excluding hydrogens is 280 g/mol. The number of nitrogens with zero attached hydrogens (tertiary/aromatic N) is 1. The van der Waals surface area contributed by atoms with Crippen LogP contribution in [0.1, 0.15) is 5.56 Å². The molecule has 0 saturated heterocycles. The third kappa shape index (κ3) is 2.25. The van der Waals surface area contributed by atoms with Crippen LogP contribution in [0.25, 0.3) is 10.1 Å². The van der Waals surface area contributed by atoms with Gasteiger partial charge in [-0.05, 0) is 35.2 Å². The van der Waals surface area contributed by atoms with Crippen molar-refractivity contribution >= 4 is 38.7 Å². The molecule has 3 aromatic rings. The molecule has 0 atom stereocenters. The number of fused-ring (bicyclic) bond motifs is 1. The second-order valence-electron chi connectivity index (χ2n) is 4.30. The number of anilines is 1. The Bertz CT molecular complexity index is 807. The molecule has 0 bridgehead atoms. The largest absolute Gasteiger partial charge is 0.399 e. The number of hydrogen-bond donors (Lipinski definition) is 1. The predicted octanol–water partition coefficient (Wildman–Crippen LogP) is 3.35. The first-order valence-electron chi connectivity index (χ1n) is 5.76. The zero-order valence-corrected chi connectivity index (χ0v) is 11.5. The molecule has 2 heterocycles. The van der Waals surface area contributed by atoms with Gasteiger partial charge in [0, 0.05) is 21.6 Å².